The van der Waals surface area contributed by atoms with E-state index in [1.165, 1.54) is 6.42 Å². The highest BCUT2D eigenvalue weighted by atomic mass is 16.2. The van der Waals surface area contributed by atoms with Gasteiger partial charge >= 0.3 is 0 Å². The third kappa shape index (κ3) is 4.65. The number of carbonyl (C=O) groups is 2. The van der Waals surface area contributed by atoms with Gasteiger partial charge in [-0.25, -0.2) is 4.98 Å². The van der Waals surface area contributed by atoms with Crippen LogP contribution >= 0.6 is 0 Å². The molecule has 29 heavy (non-hydrogen) atoms. The van der Waals surface area contributed by atoms with Crippen LogP contribution in [0.15, 0.2) is 18.7 Å². The first-order valence-electron chi connectivity index (χ1n) is 11.3. The van der Waals surface area contributed by atoms with E-state index in [4.69, 9.17) is 0 Å². The maximum atomic E-state index is 13.0. The Hall–Kier alpha value is -1.89. The zero-order valence-corrected chi connectivity index (χ0v) is 17.8. The molecule has 0 bridgehead atoms. The summed E-state index contributed by atoms with van der Waals surface area (Å²) in [4.78, 5) is 36.0. The molecule has 1 atom stereocenters. The van der Waals surface area contributed by atoms with Crippen molar-refractivity contribution in [2.45, 2.75) is 64.0 Å². The first-order valence-corrected chi connectivity index (χ1v) is 11.3. The molecule has 0 aliphatic carbocycles. The molecule has 3 fully saturated rings. The maximum absolute atomic E-state index is 13.0. The van der Waals surface area contributed by atoms with Crippen LogP contribution in [0.5, 0.6) is 0 Å². The lowest BCUT2D eigenvalue weighted by atomic mass is 9.72. The van der Waals surface area contributed by atoms with Gasteiger partial charge < -0.3 is 14.4 Å². The Balaban J connectivity index is 1.29. The van der Waals surface area contributed by atoms with Crippen LogP contribution in [0.4, 0.5) is 0 Å². The summed E-state index contributed by atoms with van der Waals surface area (Å²) in [5.74, 6) is 0.620. The van der Waals surface area contributed by atoms with Crippen molar-refractivity contribution < 1.29 is 9.59 Å². The Morgan fingerprint density at radius 1 is 1.17 bits per heavy atom. The lowest BCUT2D eigenvalue weighted by Crippen LogP contribution is -2.55. The zero-order chi connectivity index (χ0) is 20.3. The molecule has 7 nitrogen and oxygen atoms in total. The van der Waals surface area contributed by atoms with Crippen molar-refractivity contribution in [1.29, 1.82) is 0 Å². The normalized spacial score (nSPS) is 25.6. The lowest BCUT2D eigenvalue weighted by Gasteiger charge is -2.48. The second-order valence-electron chi connectivity index (χ2n) is 9.29. The Bertz CT molecular complexity index is 696. The fourth-order valence-corrected chi connectivity index (χ4v) is 5.38. The topological polar surface area (TPSA) is 61.7 Å². The van der Waals surface area contributed by atoms with Crippen LogP contribution in [0.2, 0.25) is 0 Å². The van der Waals surface area contributed by atoms with E-state index in [1.54, 1.807) is 6.20 Å². The summed E-state index contributed by atoms with van der Waals surface area (Å²) in [6.07, 6.45) is 13.6. The largest absolute Gasteiger partial charge is 0.342 e. The van der Waals surface area contributed by atoms with E-state index in [9.17, 15) is 9.59 Å². The third-order valence-electron chi connectivity index (χ3n) is 7.34. The van der Waals surface area contributed by atoms with Gasteiger partial charge in [0.25, 0.3) is 0 Å². The number of hydrogen-bond donors (Lipinski definition) is 0. The monoisotopic (exact) mass is 401 g/mol. The Morgan fingerprint density at radius 2 is 2.00 bits per heavy atom. The molecule has 1 aromatic rings. The van der Waals surface area contributed by atoms with E-state index in [1.807, 2.05) is 12.5 Å². The summed E-state index contributed by atoms with van der Waals surface area (Å²) in [6, 6.07) is 0.0745. The summed E-state index contributed by atoms with van der Waals surface area (Å²) in [5.41, 5.74) is 0.207. The van der Waals surface area contributed by atoms with Crippen molar-refractivity contribution in [3.63, 3.8) is 0 Å². The van der Waals surface area contributed by atoms with Crippen LogP contribution in [0, 0.1) is 5.41 Å². The van der Waals surface area contributed by atoms with E-state index < -0.39 is 0 Å². The smallest absolute Gasteiger partial charge is 0.239 e. The van der Waals surface area contributed by atoms with Crippen molar-refractivity contribution in [2.24, 2.45) is 5.41 Å². The minimum absolute atomic E-state index is 0.0745. The highest BCUT2D eigenvalue weighted by Gasteiger charge is 2.42. The number of likely N-dealkylation sites (tertiary alicyclic amines) is 3. The molecule has 3 aliphatic rings. The number of likely N-dealkylation sites (N-methyl/N-ethyl adjacent to an activating group) is 1. The molecule has 1 spiro atoms. The van der Waals surface area contributed by atoms with Gasteiger partial charge in [-0.05, 0) is 57.5 Å². The molecule has 7 heteroatoms. The molecule has 0 aromatic carbocycles. The SMILES string of the molecule is CN1CCCC[C@H]1C(=O)N1CCC2(CCC(=O)N(CCCn3ccnc3)C2)CC1. The molecule has 160 valence electrons. The number of hydrogen-bond acceptors (Lipinski definition) is 4. The van der Waals surface area contributed by atoms with Crippen LogP contribution in [0.1, 0.15) is 51.4 Å². The second kappa shape index (κ2) is 8.86. The summed E-state index contributed by atoms with van der Waals surface area (Å²) < 4.78 is 2.07. The summed E-state index contributed by atoms with van der Waals surface area (Å²) in [6.45, 7) is 5.30. The van der Waals surface area contributed by atoms with Crippen molar-refractivity contribution in [2.75, 3.05) is 39.8 Å². The van der Waals surface area contributed by atoms with Crippen molar-refractivity contribution in [3.8, 4) is 0 Å². The average molecular weight is 402 g/mol. The number of amides is 2. The minimum Gasteiger partial charge on any atom is -0.342 e. The van der Waals surface area contributed by atoms with Crippen molar-refractivity contribution >= 4 is 11.8 Å². The van der Waals surface area contributed by atoms with Crippen LogP contribution in [-0.2, 0) is 16.1 Å². The number of carbonyl (C=O) groups excluding carboxylic acids is 2. The number of aromatic nitrogens is 2. The maximum Gasteiger partial charge on any atom is 0.239 e. The number of aryl methyl sites for hydroxylation is 1. The quantitative estimate of drug-likeness (QED) is 0.757. The van der Waals surface area contributed by atoms with E-state index in [-0.39, 0.29) is 11.5 Å². The first kappa shape index (κ1) is 20.4. The number of piperidine rings is 3. The average Bonchev–Trinajstić information content (AvgIpc) is 3.25. The van der Waals surface area contributed by atoms with Crippen LogP contribution in [0.25, 0.3) is 0 Å². The minimum atomic E-state index is 0.0745. The van der Waals surface area contributed by atoms with E-state index in [0.717, 1.165) is 77.8 Å². The van der Waals surface area contributed by atoms with Crippen LogP contribution in [-0.4, -0.2) is 81.9 Å². The number of imidazole rings is 1. The van der Waals surface area contributed by atoms with Gasteiger partial charge in [0.15, 0.2) is 0 Å². The van der Waals surface area contributed by atoms with E-state index in [0.29, 0.717) is 18.2 Å². The summed E-state index contributed by atoms with van der Waals surface area (Å²) >= 11 is 0. The number of rotatable bonds is 5. The molecule has 3 aliphatic heterocycles. The molecular weight excluding hydrogens is 366 g/mol. The van der Waals surface area contributed by atoms with Gasteiger partial charge in [-0.1, -0.05) is 6.42 Å². The molecular formula is C22H35N5O2. The molecule has 3 saturated heterocycles. The van der Waals surface area contributed by atoms with E-state index in [2.05, 4.69) is 31.3 Å². The summed E-state index contributed by atoms with van der Waals surface area (Å²) in [5, 5.41) is 0. The van der Waals surface area contributed by atoms with Crippen LogP contribution < -0.4 is 0 Å². The zero-order valence-electron chi connectivity index (χ0n) is 17.8. The standard InChI is InChI=1S/C22H35N5O2/c1-24-11-3-2-5-19(24)21(29)26-14-8-22(9-15-26)7-6-20(28)27(17-22)13-4-12-25-16-10-23-18-25/h10,16,18-19H,2-9,11-15,17H2,1H3/t19-/m0/s1. The second-order valence-corrected chi connectivity index (χ2v) is 9.29. The van der Waals surface area contributed by atoms with Gasteiger partial charge in [-0.3, -0.25) is 14.5 Å². The predicted octanol–water partition coefficient (Wildman–Crippen LogP) is 1.99. The molecule has 2 amide bonds. The fourth-order valence-electron chi connectivity index (χ4n) is 5.38. The molecule has 1 aromatic heterocycles. The van der Waals surface area contributed by atoms with Crippen molar-refractivity contribution in [1.82, 2.24) is 24.3 Å². The Morgan fingerprint density at radius 3 is 2.72 bits per heavy atom. The molecule has 0 N–H and O–H groups in total. The van der Waals surface area contributed by atoms with E-state index >= 15 is 0 Å². The first-order chi connectivity index (χ1) is 14.1. The van der Waals surface area contributed by atoms with Gasteiger partial charge in [0.2, 0.25) is 11.8 Å². The van der Waals surface area contributed by atoms with Gasteiger partial charge in [0.1, 0.15) is 0 Å². The Labute approximate surface area is 174 Å². The molecule has 0 unspecified atom stereocenters. The van der Waals surface area contributed by atoms with Gasteiger partial charge in [-0.2, -0.15) is 0 Å². The molecule has 0 saturated carbocycles. The number of nitrogens with zero attached hydrogens (tertiary/aromatic N) is 5. The van der Waals surface area contributed by atoms with Crippen molar-refractivity contribution in [3.05, 3.63) is 18.7 Å². The van der Waals surface area contributed by atoms with Gasteiger partial charge in [0, 0.05) is 51.5 Å². The fraction of sp³-hybridized carbons (Fsp3) is 0.773. The highest BCUT2D eigenvalue weighted by molar-refractivity contribution is 5.82. The Kier molecular flexibility index (Phi) is 6.23. The highest BCUT2D eigenvalue weighted by Crippen LogP contribution is 2.40. The summed E-state index contributed by atoms with van der Waals surface area (Å²) in [7, 11) is 2.08. The lowest BCUT2D eigenvalue weighted by molar-refractivity contribution is -0.145. The predicted molar refractivity (Wildman–Crippen MR) is 111 cm³/mol. The van der Waals surface area contributed by atoms with Gasteiger partial charge in [-0.15, -0.1) is 0 Å². The van der Waals surface area contributed by atoms with Crippen LogP contribution in [0.3, 0.4) is 0 Å². The molecule has 4 heterocycles. The molecule has 4 rings (SSSR count). The molecule has 0 radical (unpaired) electrons. The van der Waals surface area contributed by atoms with Gasteiger partial charge in [0.05, 0.1) is 12.4 Å². The third-order valence-corrected chi connectivity index (χ3v) is 7.34.